The molecule has 1 aromatic carbocycles. The summed E-state index contributed by atoms with van der Waals surface area (Å²) in [6.07, 6.45) is 8.59. The van der Waals surface area contributed by atoms with E-state index < -0.39 is 24.9 Å². The molecule has 5 nitrogen and oxygen atoms in total. The number of aliphatic hydroxyl groups excluding tert-OH is 3. The highest BCUT2D eigenvalue weighted by molar-refractivity contribution is 5.76. The van der Waals surface area contributed by atoms with E-state index >= 15 is 0 Å². The molecule has 5 heteroatoms. The molecule has 0 aliphatic carbocycles. The van der Waals surface area contributed by atoms with Crippen molar-refractivity contribution in [1.82, 2.24) is 5.32 Å². The van der Waals surface area contributed by atoms with Gasteiger partial charge in [-0.2, -0.15) is 0 Å². The second kappa shape index (κ2) is 14.6. The van der Waals surface area contributed by atoms with Gasteiger partial charge in [0.1, 0.15) is 12.2 Å². The van der Waals surface area contributed by atoms with Crippen molar-refractivity contribution in [1.29, 1.82) is 0 Å². The molecule has 0 spiro atoms. The molecule has 0 heterocycles. The van der Waals surface area contributed by atoms with Gasteiger partial charge in [0.25, 0.3) is 0 Å². The number of aliphatic hydroxyl groups is 3. The fourth-order valence-electron chi connectivity index (χ4n) is 3.18. The van der Waals surface area contributed by atoms with Gasteiger partial charge in [0.15, 0.2) is 0 Å². The first-order valence-corrected chi connectivity index (χ1v) is 10.4. The summed E-state index contributed by atoms with van der Waals surface area (Å²) in [7, 11) is 0. The second-order valence-electron chi connectivity index (χ2n) is 7.28. The van der Waals surface area contributed by atoms with Crippen LogP contribution in [0.3, 0.4) is 0 Å². The SMILES string of the molecule is CCCCCCCCCCCC(=O)N[C@@H](CO)[C@H](O)[C@H](O)c1ccccc1. The maximum absolute atomic E-state index is 12.1. The van der Waals surface area contributed by atoms with E-state index in [2.05, 4.69) is 12.2 Å². The highest BCUT2D eigenvalue weighted by Gasteiger charge is 2.28. The standard InChI is InChI=1S/C22H37NO4/c1-2-3-4-5-6-7-8-9-13-16-20(25)23-19(17-24)22(27)21(26)18-14-11-10-12-15-18/h10-12,14-15,19,21-22,24,26-27H,2-9,13,16-17H2,1H3,(H,23,25)/t19-,21+,22-/m0/s1. The Bertz CT molecular complexity index is 494. The van der Waals surface area contributed by atoms with Crippen LogP contribution < -0.4 is 5.32 Å². The van der Waals surface area contributed by atoms with E-state index in [1.54, 1.807) is 24.3 Å². The molecule has 27 heavy (non-hydrogen) atoms. The first-order chi connectivity index (χ1) is 13.1. The van der Waals surface area contributed by atoms with Crippen LogP contribution in [0.15, 0.2) is 30.3 Å². The largest absolute Gasteiger partial charge is 0.394 e. The Labute approximate surface area is 163 Å². The van der Waals surface area contributed by atoms with Crippen molar-refractivity contribution in [2.45, 2.75) is 89.4 Å². The number of nitrogens with one attached hydrogen (secondary N) is 1. The predicted molar refractivity (Wildman–Crippen MR) is 108 cm³/mol. The molecule has 4 N–H and O–H groups in total. The first-order valence-electron chi connectivity index (χ1n) is 10.4. The molecule has 0 radical (unpaired) electrons. The normalized spacial score (nSPS) is 14.5. The molecule has 0 aromatic heterocycles. The van der Waals surface area contributed by atoms with Crippen molar-refractivity contribution in [3.63, 3.8) is 0 Å². The van der Waals surface area contributed by atoms with Crippen molar-refractivity contribution >= 4 is 5.91 Å². The molecule has 0 aliphatic rings. The third-order valence-electron chi connectivity index (χ3n) is 4.93. The van der Waals surface area contributed by atoms with Crippen LogP contribution in [0.25, 0.3) is 0 Å². The van der Waals surface area contributed by atoms with Crippen molar-refractivity contribution in [3.8, 4) is 0 Å². The Hall–Kier alpha value is -1.43. The van der Waals surface area contributed by atoms with E-state index in [0.29, 0.717) is 12.0 Å². The molecule has 0 fully saturated rings. The van der Waals surface area contributed by atoms with Crippen molar-refractivity contribution in [2.24, 2.45) is 0 Å². The third-order valence-corrected chi connectivity index (χ3v) is 4.93. The smallest absolute Gasteiger partial charge is 0.220 e. The fraction of sp³-hybridized carbons (Fsp3) is 0.682. The number of carbonyl (C=O) groups is 1. The van der Waals surface area contributed by atoms with Crippen molar-refractivity contribution in [2.75, 3.05) is 6.61 Å². The minimum absolute atomic E-state index is 0.198. The van der Waals surface area contributed by atoms with Crippen molar-refractivity contribution < 1.29 is 20.1 Å². The molecule has 154 valence electrons. The van der Waals surface area contributed by atoms with Gasteiger partial charge >= 0.3 is 0 Å². The van der Waals surface area contributed by atoms with Crippen LogP contribution in [-0.2, 0) is 4.79 Å². The Kier molecular flexibility index (Phi) is 12.8. The number of unbranched alkanes of at least 4 members (excludes halogenated alkanes) is 8. The number of amides is 1. The van der Waals surface area contributed by atoms with Gasteiger partial charge in [-0.05, 0) is 12.0 Å². The lowest BCUT2D eigenvalue weighted by atomic mass is 9.99. The fourth-order valence-corrected chi connectivity index (χ4v) is 3.18. The van der Waals surface area contributed by atoms with E-state index in [1.165, 1.54) is 38.5 Å². The summed E-state index contributed by atoms with van der Waals surface area (Å²) < 4.78 is 0. The van der Waals surface area contributed by atoms with E-state index in [-0.39, 0.29) is 5.91 Å². The number of hydrogen-bond acceptors (Lipinski definition) is 4. The van der Waals surface area contributed by atoms with Crippen LogP contribution in [0.2, 0.25) is 0 Å². The Morgan fingerprint density at radius 1 is 0.926 bits per heavy atom. The van der Waals surface area contributed by atoms with Crippen LogP contribution >= 0.6 is 0 Å². The quantitative estimate of drug-likeness (QED) is 0.351. The van der Waals surface area contributed by atoms with E-state index in [4.69, 9.17) is 0 Å². The Morgan fingerprint density at radius 2 is 1.48 bits per heavy atom. The number of carbonyl (C=O) groups excluding carboxylic acids is 1. The lowest BCUT2D eigenvalue weighted by molar-refractivity contribution is -0.124. The van der Waals surface area contributed by atoms with E-state index in [1.807, 2.05) is 6.07 Å². The zero-order valence-electron chi connectivity index (χ0n) is 16.6. The van der Waals surface area contributed by atoms with E-state index in [9.17, 15) is 20.1 Å². The highest BCUT2D eigenvalue weighted by Crippen LogP contribution is 2.19. The number of benzene rings is 1. The van der Waals surface area contributed by atoms with E-state index in [0.717, 1.165) is 19.3 Å². The zero-order valence-corrected chi connectivity index (χ0v) is 16.6. The molecule has 0 saturated heterocycles. The topological polar surface area (TPSA) is 89.8 Å². The van der Waals surface area contributed by atoms with Gasteiger partial charge in [-0.15, -0.1) is 0 Å². The van der Waals surface area contributed by atoms with Gasteiger partial charge < -0.3 is 20.6 Å². The van der Waals surface area contributed by atoms with Crippen LogP contribution in [0.4, 0.5) is 0 Å². The Morgan fingerprint density at radius 3 is 2.04 bits per heavy atom. The maximum Gasteiger partial charge on any atom is 0.220 e. The lowest BCUT2D eigenvalue weighted by Crippen LogP contribution is -2.48. The molecular formula is C22H37NO4. The average molecular weight is 380 g/mol. The summed E-state index contributed by atoms with van der Waals surface area (Å²) in [5.74, 6) is -0.198. The summed E-state index contributed by atoms with van der Waals surface area (Å²) in [6.45, 7) is 1.79. The zero-order chi connectivity index (χ0) is 19.9. The Balaban J connectivity index is 2.23. The molecule has 1 aromatic rings. The summed E-state index contributed by atoms with van der Waals surface area (Å²) in [4.78, 5) is 12.1. The van der Waals surface area contributed by atoms with Gasteiger partial charge in [-0.25, -0.2) is 0 Å². The van der Waals surface area contributed by atoms with Crippen LogP contribution in [-0.4, -0.2) is 40.0 Å². The van der Waals surface area contributed by atoms with Crippen LogP contribution in [0.1, 0.15) is 82.8 Å². The molecule has 0 aliphatic heterocycles. The predicted octanol–water partition coefficient (Wildman–Crippen LogP) is 3.48. The molecule has 1 rings (SSSR count). The van der Waals surface area contributed by atoms with Gasteiger partial charge in [-0.3, -0.25) is 4.79 Å². The third kappa shape index (κ3) is 9.89. The summed E-state index contributed by atoms with van der Waals surface area (Å²) in [5, 5.41) is 32.7. The maximum atomic E-state index is 12.1. The summed E-state index contributed by atoms with van der Waals surface area (Å²) >= 11 is 0. The molecule has 1 amide bonds. The first kappa shape index (κ1) is 23.6. The highest BCUT2D eigenvalue weighted by atomic mass is 16.3. The van der Waals surface area contributed by atoms with Gasteiger partial charge in [0.05, 0.1) is 12.6 Å². The van der Waals surface area contributed by atoms with Crippen molar-refractivity contribution in [3.05, 3.63) is 35.9 Å². The van der Waals surface area contributed by atoms with Crippen LogP contribution in [0.5, 0.6) is 0 Å². The van der Waals surface area contributed by atoms with Gasteiger partial charge in [0.2, 0.25) is 5.91 Å². The molecule has 3 atom stereocenters. The lowest BCUT2D eigenvalue weighted by Gasteiger charge is -2.26. The molecule has 0 bridgehead atoms. The molecular weight excluding hydrogens is 342 g/mol. The summed E-state index contributed by atoms with van der Waals surface area (Å²) in [5.41, 5.74) is 0.552. The van der Waals surface area contributed by atoms with Gasteiger partial charge in [-0.1, -0.05) is 88.6 Å². The molecule has 0 unspecified atom stereocenters. The van der Waals surface area contributed by atoms with Gasteiger partial charge in [0, 0.05) is 6.42 Å². The summed E-state index contributed by atoms with van der Waals surface area (Å²) in [6, 6.07) is 7.87. The minimum atomic E-state index is -1.26. The molecule has 0 saturated carbocycles. The second-order valence-corrected chi connectivity index (χ2v) is 7.28. The number of rotatable bonds is 15. The number of hydrogen-bond donors (Lipinski definition) is 4. The average Bonchev–Trinajstić information content (AvgIpc) is 2.70. The minimum Gasteiger partial charge on any atom is -0.394 e. The monoisotopic (exact) mass is 379 g/mol. The van der Waals surface area contributed by atoms with Crippen LogP contribution in [0, 0.1) is 0 Å².